The minimum atomic E-state index is 0.259. The van der Waals surface area contributed by atoms with Crippen LogP contribution in [0.2, 0.25) is 0 Å². The largest absolute Gasteiger partial charge is 0.334 e. The Bertz CT molecular complexity index is 619. The zero-order valence-electron chi connectivity index (χ0n) is 12.7. The van der Waals surface area contributed by atoms with Crippen LogP contribution < -0.4 is 0 Å². The average Bonchev–Trinajstić information content (AvgIpc) is 2.93. The van der Waals surface area contributed by atoms with E-state index >= 15 is 0 Å². The number of piperidine rings is 1. The SMILES string of the molecule is C=CCN1C(=O)CC[C@@H]2[C@H]1CCN2Cc1cccc(C#N)c1. The molecule has 1 amide bonds. The summed E-state index contributed by atoms with van der Waals surface area (Å²) in [7, 11) is 0. The Morgan fingerprint density at radius 3 is 3.00 bits per heavy atom. The van der Waals surface area contributed by atoms with Gasteiger partial charge in [-0.3, -0.25) is 9.69 Å². The average molecular weight is 295 g/mol. The van der Waals surface area contributed by atoms with Crippen LogP contribution in [-0.2, 0) is 11.3 Å². The summed E-state index contributed by atoms with van der Waals surface area (Å²) in [5, 5.41) is 9.02. The highest BCUT2D eigenvalue weighted by molar-refractivity contribution is 5.78. The molecule has 4 heteroatoms. The Morgan fingerprint density at radius 2 is 2.23 bits per heavy atom. The van der Waals surface area contributed by atoms with Crippen molar-refractivity contribution in [3.8, 4) is 6.07 Å². The molecule has 2 fully saturated rings. The summed E-state index contributed by atoms with van der Waals surface area (Å²) in [6, 6.07) is 10.8. The first-order chi connectivity index (χ1) is 10.7. The second-order valence-electron chi connectivity index (χ2n) is 6.08. The van der Waals surface area contributed by atoms with E-state index in [4.69, 9.17) is 5.26 Å². The number of likely N-dealkylation sites (tertiary alicyclic amines) is 2. The maximum atomic E-state index is 12.1. The topological polar surface area (TPSA) is 47.3 Å². The lowest BCUT2D eigenvalue weighted by atomic mass is 9.96. The van der Waals surface area contributed by atoms with Crippen LogP contribution >= 0.6 is 0 Å². The van der Waals surface area contributed by atoms with Crippen molar-refractivity contribution in [2.45, 2.75) is 37.9 Å². The van der Waals surface area contributed by atoms with Crippen molar-refractivity contribution in [1.29, 1.82) is 5.26 Å². The second kappa shape index (κ2) is 6.33. The third-order valence-corrected chi connectivity index (χ3v) is 4.77. The van der Waals surface area contributed by atoms with Gasteiger partial charge in [0.15, 0.2) is 0 Å². The number of rotatable bonds is 4. The van der Waals surface area contributed by atoms with E-state index in [2.05, 4.69) is 23.6 Å². The fraction of sp³-hybridized carbons (Fsp3) is 0.444. The van der Waals surface area contributed by atoms with Crippen LogP contribution in [-0.4, -0.2) is 40.9 Å². The number of amides is 1. The molecule has 0 N–H and O–H groups in total. The van der Waals surface area contributed by atoms with Gasteiger partial charge in [0.2, 0.25) is 5.91 Å². The highest BCUT2D eigenvalue weighted by Gasteiger charge is 2.42. The Labute approximate surface area is 131 Å². The molecule has 0 saturated carbocycles. The van der Waals surface area contributed by atoms with Crippen molar-refractivity contribution in [3.63, 3.8) is 0 Å². The highest BCUT2D eigenvalue weighted by atomic mass is 16.2. The highest BCUT2D eigenvalue weighted by Crippen LogP contribution is 2.32. The summed E-state index contributed by atoms with van der Waals surface area (Å²) in [6.45, 7) is 6.28. The molecule has 0 unspecified atom stereocenters. The molecule has 2 heterocycles. The smallest absolute Gasteiger partial charge is 0.223 e. The van der Waals surface area contributed by atoms with Crippen LogP contribution in [0.25, 0.3) is 0 Å². The standard InChI is InChI=1S/C18H21N3O/c1-2-9-21-17-8-10-20(16(17)6-7-18(21)22)13-15-5-3-4-14(11-15)12-19/h2-5,11,16-17H,1,6-10,13H2/t16-,17-/m1/s1. The van der Waals surface area contributed by atoms with Gasteiger partial charge in [-0.15, -0.1) is 6.58 Å². The summed E-state index contributed by atoms with van der Waals surface area (Å²) >= 11 is 0. The maximum Gasteiger partial charge on any atom is 0.223 e. The number of hydrogen-bond donors (Lipinski definition) is 0. The fourth-order valence-corrected chi connectivity index (χ4v) is 3.78. The number of fused-ring (bicyclic) bond motifs is 1. The minimum absolute atomic E-state index is 0.259. The number of hydrogen-bond acceptors (Lipinski definition) is 3. The zero-order valence-corrected chi connectivity index (χ0v) is 12.7. The molecule has 0 spiro atoms. The van der Waals surface area contributed by atoms with Crippen LogP contribution in [0.4, 0.5) is 0 Å². The Balaban J connectivity index is 1.73. The number of benzene rings is 1. The summed E-state index contributed by atoms with van der Waals surface area (Å²) < 4.78 is 0. The summed E-state index contributed by atoms with van der Waals surface area (Å²) in [5.74, 6) is 0.259. The minimum Gasteiger partial charge on any atom is -0.334 e. The van der Waals surface area contributed by atoms with Crippen molar-refractivity contribution in [2.75, 3.05) is 13.1 Å². The number of nitrogens with zero attached hydrogens (tertiary/aromatic N) is 3. The van der Waals surface area contributed by atoms with E-state index in [9.17, 15) is 4.79 Å². The van der Waals surface area contributed by atoms with Crippen molar-refractivity contribution >= 4 is 5.91 Å². The van der Waals surface area contributed by atoms with Crippen LogP contribution in [0.15, 0.2) is 36.9 Å². The molecule has 0 radical (unpaired) electrons. The molecule has 2 aliphatic rings. The molecule has 22 heavy (non-hydrogen) atoms. The molecule has 0 aliphatic carbocycles. The lowest BCUT2D eigenvalue weighted by Gasteiger charge is -2.39. The lowest BCUT2D eigenvalue weighted by molar-refractivity contribution is -0.136. The Kier molecular flexibility index (Phi) is 4.26. The second-order valence-corrected chi connectivity index (χ2v) is 6.08. The van der Waals surface area contributed by atoms with E-state index in [-0.39, 0.29) is 5.91 Å². The zero-order chi connectivity index (χ0) is 15.5. The number of carbonyl (C=O) groups is 1. The van der Waals surface area contributed by atoms with Crippen LogP contribution in [0, 0.1) is 11.3 Å². The Morgan fingerprint density at radius 1 is 1.36 bits per heavy atom. The number of nitriles is 1. The third-order valence-electron chi connectivity index (χ3n) is 4.77. The predicted octanol–water partition coefficient (Wildman–Crippen LogP) is 2.31. The first-order valence-corrected chi connectivity index (χ1v) is 7.86. The van der Waals surface area contributed by atoms with E-state index < -0.39 is 0 Å². The fourth-order valence-electron chi connectivity index (χ4n) is 3.78. The lowest BCUT2D eigenvalue weighted by Crippen LogP contribution is -2.52. The molecule has 0 aromatic heterocycles. The quantitative estimate of drug-likeness (QED) is 0.801. The van der Waals surface area contributed by atoms with Crippen molar-refractivity contribution in [3.05, 3.63) is 48.0 Å². The summed E-state index contributed by atoms with van der Waals surface area (Å²) in [6.07, 6.45) is 4.42. The van der Waals surface area contributed by atoms with E-state index in [0.717, 1.165) is 25.9 Å². The first-order valence-electron chi connectivity index (χ1n) is 7.86. The molecule has 1 aromatic rings. The van der Waals surface area contributed by atoms with Gasteiger partial charge in [0.25, 0.3) is 0 Å². The van der Waals surface area contributed by atoms with Crippen molar-refractivity contribution in [2.24, 2.45) is 0 Å². The van der Waals surface area contributed by atoms with E-state index in [1.165, 1.54) is 5.56 Å². The first kappa shape index (κ1) is 14.8. The molecule has 1 aromatic carbocycles. The van der Waals surface area contributed by atoms with Gasteiger partial charge in [-0.1, -0.05) is 18.2 Å². The van der Waals surface area contributed by atoms with Gasteiger partial charge in [-0.25, -0.2) is 0 Å². The van der Waals surface area contributed by atoms with Crippen molar-refractivity contribution < 1.29 is 4.79 Å². The maximum absolute atomic E-state index is 12.1. The van der Waals surface area contributed by atoms with Gasteiger partial charge in [-0.05, 0) is 30.5 Å². The van der Waals surface area contributed by atoms with Crippen LogP contribution in [0.5, 0.6) is 0 Å². The molecule has 0 bridgehead atoms. The molecule has 3 rings (SSSR count). The predicted molar refractivity (Wildman–Crippen MR) is 84.9 cm³/mol. The van der Waals surface area contributed by atoms with E-state index in [0.29, 0.717) is 30.6 Å². The van der Waals surface area contributed by atoms with E-state index in [1.54, 1.807) is 0 Å². The number of carbonyl (C=O) groups excluding carboxylic acids is 1. The molecule has 4 nitrogen and oxygen atoms in total. The molecular weight excluding hydrogens is 274 g/mol. The van der Waals surface area contributed by atoms with E-state index in [1.807, 2.05) is 29.2 Å². The molecular formula is C18H21N3O. The van der Waals surface area contributed by atoms with Gasteiger partial charge < -0.3 is 4.90 Å². The summed E-state index contributed by atoms with van der Waals surface area (Å²) in [4.78, 5) is 16.6. The van der Waals surface area contributed by atoms with Gasteiger partial charge in [0.1, 0.15) is 0 Å². The normalized spacial score (nSPS) is 24.9. The molecule has 2 saturated heterocycles. The third kappa shape index (κ3) is 2.77. The van der Waals surface area contributed by atoms with Crippen molar-refractivity contribution in [1.82, 2.24) is 9.80 Å². The summed E-state index contributed by atoms with van der Waals surface area (Å²) in [5.41, 5.74) is 1.88. The van der Waals surface area contributed by atoms with Gasteiger partial charge in [-0.2, -0.15) is 5.26 Å². The van der Waals surface area contributed by atoms with Gasteiger partial charge in [0.05, 0.1) is 11.6 Å². The monoisotopic (exact) mass is 295 g/mol. The van der Waals surface area contributed by atoms with Gasteiger partial charge in [0, 0.05) is 38.1 Å². The molecule has 114 valence electrons. The van der Waals surface area contributed by atoms with Gasteiger partial charge >= 0.3 is 0 Å². The van der Waals surface area contributed by atoms with Crippen LogP contribution in [0.1, 0.15) is 30.4 Å². The molecule has 2 aliphatic heterocycles. The molecule has 2 atom stereocenters. The van der Waals surface area contributed by atoms with Crippen LogP contribution in [0.3, 0.4) is 0 Å². The Hall–Kier alpha value is -2.12.